The van der Waals surface area contributed by atoms with Crippen LogP contribution in [0.1, 0.15) is 26.7 Å². The fraction of sp³-hybridized carbons (Fsp3) is 0.818. The molecular formula is C11H21N3O3. The Morgan fingerprint density at radius 1 is 1.59 bits per heavy atom. The van der Waals surface area contributed by atoms with Crippen LogP contribution < -0.4 is 11.1 Å². The average molecular weight is 243 g/mol. The van der Waals surface area contributed by atoms with Gasteiger partial charge in [0.15, 0.2) is 0 Å². The van der Waals surface area contributed by atoms with E-state index in [1.165, 1.54) is 0 Å². The van der Waals surface area contributed by atoms with Gasteiger partial charge in [0.2, 0.25) is 0 Å². The van der Waals surface area contributed by atoms with Gasteiger partial charge in [-0.15, -0.1) is 0 Å². The predicted octanol–water partition coefficient (Wildman–Crippen LogP) is 0.228. The molecule has 6 heteroatoms. The van der Waals surface area contributed by atoms with E-state index >= 15 is 0 Å². The van der Waals surface area contributed by atoms with Crippen molar-refractivity contribution in [2.45, 2.75) is 38.8 Å². The first-order valence-electron chi connectivity index (χ1n) is 5.99. The van der Waals surface area contributed by atoms with Crippen LogP contribution in [0.5, 0.6) is 0 Å². The summed E-state index contributed by atoms with van der Waals surface area (Å²) in [6.07, 6.45) is 1.48. The van der Waals surface area contributed by atoms with Crippen LogP contribution in [0.15, 0.2) is 0 Å². The monoisotopic (exact) mass is 243 g/mol. The summed E-state index contributed by atoms with van der Waals surface area (Å²) in [7, 11) is 0. The predicted molar refractivity (Wildman–Crippen MR) is 63.6 cm³/mol. The molecule has 1 heterocycles. The zero-order valence-electron chi connectivity index (χ0n) is 10.3. The van der Waals surface area contributed by atoms with Crippen molar-refractivity contribution in [1.82, 2.24) is 10.2 Å². The maximum atomic E-state index is 11.8. The number of carbonyl (C=O) groups is 2. The van der Waals surface area contributed by atoms with Crippen molar-refractivity contribution in [2.75, 3.05) is 13.1 Å². The van der Waals surface area contributed by atoms with Gasteiger partial charge in [-0.1, -0.05) is 20.3 Å². The number of nitrogens with one attached hydrogen (secondary N) is 1. The fourth-order valence-corrected chi connectivity index (χ4v) is 1.88. The highest BCUT2D eigenvalue weighted by Crippen LogP contribution is 2.11. The maximum absolute atomic E-state index is 11.8. The van der Waals surface area contributed by atoms with Crippen LogP contribution in [-0.2, 0) is 4.79 Å². The van der Waals surface area contributed by atoms with E-state index in [1.807, 2.05) is 13.8 Å². The van der Waals surface area contributed by atoms with Crippen LogP contribution in [-0.4, -0.2) is 47.2 Å². The Morgan fingerprint density at radius 2 is 2.24 bits per heavy atom. The van der Waals surface area contributed by atoms with E-state index in [1.54, 1.807) is 4.90 Å². The van der Waals surface area contributed by atoms with Gasteiger partial charge in [0, 0.05) is 19.1 Å². The number of hydrogen-bond acceptors (Lipinski definition) is 3. The normalized spacial score (nSPS) is 23.2. The lowest BCUT2D eigenvalue weighted by Crippen LogP contribution is -2.50. The van der Waals surface area contributed by atoms with Crippen LogP contribution in [0, 0.1) is 5.92 Å². The number of hydrogen-bond donors (Lipinski definition) is 3. The SMILES string of the molecule is CCC(C)C(NC(=O)N1CCC(N)C1)C(=O)O. The summed E-state index contributed by atoms with van der Waals surface area (Å²) in [4.78, 5) is 24.5. The second kappa shape index (κ2) is 5.86. The van der Waals surface area contributed by atoms with Crippen LogP contribution >= 0.6 is 0 Å². The highest BCUT2D eigenvalue weighted by atomic mass is 16.4. The molecule has 17 heavy (non-hydrogen) atoms. The van der Waals surface area contributed by atoms with Gasteiger partial charge in [-0.2, -0.15) is 0 Å². The Morgan fingerprint density at radius 3 is 2.65 bits per heavy atom. The molecule has 0 spiro atoms. The summed E-state index contributed by atoms with van der Waals surface area (Å²) in [6, 6.07) is -1.15. The molecule has 1 rings (SSSR count). The van der Waals surface area contributed by atoms with E-state index in [-0.39, 0.29) is 18.0 Å². The van der Waals surface area contributed by atoms with E-state index in [0.717, 1.165) is 6.42 Å². The highest BCUT2D eigenvalue weighted by molar-refractivity contribution is 5.83. The van der Waals surface area contributed by atoms with Gasteiger partial charge in [-0.3, -0.25) is 0 Å². The first-order chi connectivity index (χ1) is 7.95. The third-order valence-corrected chi connectivity index (χ3v) is 3.27. The number of nitrogens with two attached hydrogens (primary N) is 1. The number of aliphatic carboxylic acids is 1. The summed E-state index contributed by atoms with van der Waals surface area (Å²) in [5, 5.41) is 11.6. The standard InChI is InChI=1S/C11H21N3O3/c1-3-7(2)9(10(15)16)13-11(17)14-5-4-8(12)6-14/h7-9H,3-6,12H2,1-2H3,(H,13,17)(H,15,16). The van der Waals surface area contributed by atoms with Gasteiger partial charge in [0.1, 0.15) is 6.04 Å². The zero-order chi connectivity index (χ0) is 13.0. The number of likely N-dealkylation sites (tertiary alicyclic amines) is 1. The number of carbonyl (C=O) groups excluding carboxylic acids is 1. The van der Waals surface area contributed by atoms with Crippen LogP contribution in [0.3, 0.4) is 0 Å². The third-order valence-electron chi connectivity index (χ3n) is 3.27. The van der Waals surface area contributed by atoms with E-state index in [2.05, 4.69) is 5.32 Å². The number of nitrogens with zero attached hydrogens (tertiary/aromatic N) is 1. The third kappa shape index (κ3) is 3.59. The smallest absolute Gasteiger partial charge is 0.326 e. The van der Waals surface area contributed by atoms with Gasteiger partial charge in [-0.25, -0.2) is 9.59 Å². The molecule has 4 N–H and O–H groups in total. The molecule has 1 aliphatic rings. The largest absolute Gasteiger partial charge is 0.480 e. The minimum atomic E-state index is -0.990. The Hall–Kier alpha value is -1.30. The molecule has 0 aliphatic carbocycles. The Bertz CT molecular complexity index is 296. The highest BCUT2D eigenvalue weighted by Gasteiger charge is 2.29. The van der Waals surface area contributed by atoms with E-state index in [0.29, 0.717) is 19.5 Å². The van der Waals surface area contributed by atoms with E-state index in [4.69, 9.17) is 10.8 Å². The molecule has 3 unspecified atom stereocenters. The van der Waals surface area contributed by atoms with Crippen molar-refractivity contribution in [3.63, 3.8) is 0 Å². The zero-order valence-corrected chi connectivity index (χ0v) is 10.3. The first-order valence-corrected chi connectivity index (χ1v) is 5.99. The molecule has 1 saturated heterocycles. The molecule has 3 atom stereocenters. The molecule has 2 amide bonds. The Labute approximate surface area is 101 Å². The van der Waals surface area contributed by atoms with Crippen LogP contribution in [0.25, 0.3) is 0 Å². The summed E-state index contributed by atoms with van der Waals surface area (Å²) >= 11 is 0. The molecule has 0 aromatic carbocycles. The topological polar surface area (TPSA) is 95.7 Å². The lowest BCUT2D eigenvalue weighted by atomic mass is 9.99. The van der Waals surface area contributed by atoms with Crippen molar-refractivity contribution in [1.29, 1.82) is 0 Å². The number of carboxylic acids is 1. The summed E-state index contributed by atoms with van der Waals surface area (Å²) < 4.78 is 0. The number of carboxylic acid groups (broad SMARTS) is 1. The first kappa shape index (κ1) is 13.8. The Kier molecular flexibility index (Phi) is 4.74. The summed E-state index contributed by atoms with van der Waals surface area (Å²) in [6.45, 7) is 4.81. The molecule has 0 aromatic rings. The molecule has 98 valence electrons. The van der Waals surface area contributed by atoms with Crippen molar-refractivity contribution in [2.24, 2.45) is 11.7 Å². The summed E-state index contributed by atoms with van der Waals surface area (Å²) in [5.74, 6) is -1.08. The molecule has 0 radical (unpaired) electrons. The van der Waals surface area contributed by atoms with Crippen molar-refractivity contribution in [3.05, 3.63) is 0 Å². The minimum absolute atomic E-state index is 0.00706. The maximum Gasteiger partial charge on any atom is 0.326 e. The van der Waals surface area contributed by atoms with E-state index < -0.39 is 12.0 Å². The van der Waals surface area contributed by atoms with Crippen molar-refractivity contribution in [3.8, 4) is 0 Å². The van der Waals surface area contributed by atoms with Gasteiger partial charge in [-0.05, 0) is 12.3 Å². The second-order valence-electron chi connectivity index (χ2n) is 4.65. The van der Waals surface area contributed by atoms with Crippen molar-refractivity contribution >= 4 is 12.0 Å². The second-order valence-corrected chi connectivity index (χ2v) is 4.65. The quantitative estimate of drug-likeness (QED) is 0.658. The number of rotatable bonds is 4. The van der Waals surface area contributed by atoms with Crippen LogP contribution in [0.4, 0.5) is 4.79 Å². The van der Waals surface area contributed by atoms with Crippen molar-refractivity contribution < 1.29 is 14.7 Å². The lowest BCUT2D eigenvalue weighted by Gasteiger charge is -2.24. The molecule has 1 aliphatic heterocycles. The minimum Gasteiger partial charge on any atom is -0.480 e. The molecular weight excluding hydrogens is 222 g/mol. The average Bonchev–Trinajstić information content (AvgIpc) is 2.71. The lowest BCUT2D eigenvalue weighted by molar-refractivity contribution is -0.140. The van der Waals surface area contributed by atoms with Crippen LogP contribution in [0.2, 0.25) is 0 Å². The van der Waals surface area contributed by atoms with Gasteiger partial charge >= 0.3 is 12.0 Å². The van der Waals surface area contributed by atoms with E-state index in [9.17, 15) is 9.59 Å². The molecule has 0 bridgehead atoms. The number of amides is 2. The number of urea groups is 1. The fourth-order valence-electron chi connectivity index (χ4n) is 1.88. The molecule has 1 fully saturated rings. The van der Waals surface area contributed by atoms with Gasteiger partial charge < -0.3 is 21.1 Å². The molecule has 6 nitrogen and oxygen atoms in total. The molecule has 0 aromatic heterocycles. The molecule has 0 saturated carbocycles. The van der Waals surface area contributed by atoms with Gasteiger partial charge in [0.25, 0.3) is 0 Å². The Balaban J connectivity index is 2.55. The van der Waals surface area contributed by atoms with Gasteiger partial charge in [0.05, 0.1) is 0 Å². The summed E-state index contributed by atoms with van der Waals surface area (Å²) in [5.41, 5.74) is 5.70.